The van der Waals surface area contributed by atoms with Crippen LogP contribution in [0.1, 0.15) is 19.8 Å². The predicted octanol–water partition coefficient (Wildman–Crippen LogP) is -0.678. The number of amides is 2. The standard InChI is InChI=1S/C11H19N3O3S/c1-11(2-4-17-5-3-11)7-14-10(16)9(15)13-6-8(12)18/h2-7H2,1H3,(H2,12,18)(H,13,15)(H,14,16). The highest BCUT2D eigenvalue weighted by Gasteiger charge is 2.28. The van der Waals surface area contributed by atoms with Crippen molar-refractivity contribution in [3.05, 3.63) is 0 Å². The summed E-state index contributed by atoms with van der Waals surface area (Å²) in [6.45, 7) is 3.96. The summed E-state index contributed by atoms with van der Waals surface area (Å²) < 4.78 is 5.26. The number of hydrogen-bond donors (Lipinski definition) is 3. The van der Waals surface area contributed by atoms with Gasteiger partial charge in [-0.25, -0.2) is 0 Å². The minimum atomic E-state index is -0.710. The Morgan fingerprint density at radius 1 is 1.28 bits per heavy atom. The number of hydrogen-bond acceptors (Lipinski definition) is 4. The number of thiocarbonyl (C=S) groups is 1. The van der Waals surface area contributed by atoms with Crippen LogP contribution in [0.3, 0.4) is 0 Å². The molecule has 6 nitrogen and oxygen atoms in total. The zero-order valence-corrected chi connectivity index (χ0v) is 11.3. The zero-order chi connectivity index (χ0) is 13.6. The van der Waals surface area contributed by atoms with Gasteiger partial charge in [-0.3, -0.25) is 9.59 Å². The van der Waals surface area contributed by atoms with E-state index in [1.807, 2.05) is 0 Å². The van der Waals surface area contributed by atoms with Crippen LogP contribution in [0.5, 0.6) is 0 Å². The van der Waals surface area contributed by atoms with Gasteiger partial charge in [0.15, 0.2) is 0 Å². The Morgan fingerprint density at radius 2 is 1.83 bits per heavy atom. The highest BCUT2D eigenvalue weighted by Crippen LogP contribution is 2.28. The summed E-state index contributed by atoms with van der Waals surface area (Å²) in [6.07, 6.45) is 1.75. The molecule has 7 heteroatoms. The number of rotatable bonds is 4. The van der Waals surface area contributed by atoms with E-state index in [1.54, 1.807) is 0 Å². The van der Waals surface area contributed by atoms with E-state index in [2.05, 4.69) is 29.8 Å². The van der Waals surface area contributed by atoms with Crippen molar-refractivity contribution in [1.29, 1.82) is 0 Å². The van der Waals surface area contributed by atoms with Gasteiger partial charge in [-0.05, 0) is 18.3 Å². The van der Waals surface area contributed by atoms with Crippen molar-refractivity contribution >= 4 is 29.0 Å². The lowest BCUT2D eigenvalue weighted by atomic mass is 9.82. The molecule has 4 N–H and O–H groups in total. The third-order valence-electron chi connectivity index (χ3n) is 3.01. The van der Waals surface area contributed by atoms with Gasteiger partial charge >= 0.3 is 11.8 Å². The van der Waals surface area contributed by atoms with Gasteiger partial charge in [0.2, 0.25) is 0 Å². The van der Waals surface area contributed by atoms with Crippen molar-refractivity contribution in [1.82, 2.24) is 10.6 Å². The summed E-state index contributed by atoms with van der Waals surface area (Å²) in [5, 5.41) is 4.97. The molecule has 0 saturated carbocycles. The maximum absolute atomic E-state index is 11.5. The lowest BCUT2D eigenvalue weighted by Crippen LogP contribution is -2.46. The van der Waals surface area contributed by atoms with Gasteiger partial charge < -0.3 is 21.1 Å². The van der Waals surface area contributed by atoms with Crippen molar-refractivity contribution in [2.75, 3.05) is 26.3 Å². The molecule has 0 radical (unpaired) electrons. The van der Waals surface area contributed by atoms with Gasteiger partial charge in [0.1, 0.15) is 0 Å². The van der Waals surface area contributed by atoms with Gasteiger partial charge in [0, 0.05) is 19.8 Å². The van der Waals surface area contributed by atoms with Gasteiger partial charge in [-0.15, -0.1) is 0 Å². The van der Waals surface area contributed by atoms with Crippen LogP contribution in [0.2, 0.25) is 0 Å². The molecule has 0 unspecified atom stereocenters. The summed E-state index contributed by atoms with van der Waals surface area (Å²) in [4.78, 5) is 23.0. The third-order valence-corrected chi connectivity index (χ3v) is 3.15. The Morgan fingerprint density at radius 3 is 2.39 bits per heavy atom. The van der Waals surface area contributed by atoms with Gasteiger partial charge in [-0.2, -0.15) is 0 Å². The summed E-state index contributed by atoms with van der Waals surface area (Å²) >= 11 is 4.60. The van der Waals surface area contributed by atoms with Crippen molar-refractivity contribution in [3.63, 3.8) is 0 Å². The molecule has 2 amide bonds. The molecule has 18 heavy (non-hydrogen) atoms. The van der Waals surface area contributed by atoms with E-state index in [9.17, 15) is 9.59 Å². The van der Waals surface area contributed by atoms with Gasteiger partial charge in [0.05, 0.1) is 11.5 Å². The third kappa shape index (κ3) is 4.97. The molecule has 1 aliphatic rings. The fraction of sp³-hybridized carbons (Fsp3) is 0.727. The minimum absolute atomic E-state index is 0.00262. The van der Waals surface area contributed by atoms with Crippen molar-refractivity contribution < 1.29 is 14.3 Å². The molecule has 1 aliphatic heterocycles. The molecular formula is C11H19N3O3S. The first-order chi connectivity index (χ1) is 8.43. The Labute approximate surface area is 112 Å². The highest BCUT2D eigenvalue weighted by molar-refractivity contribution is 7.80. The second kappa shape index (κ2) is 6.65. The molecule has 0 aromatic heterocycles. The first kappa shape index (κ1) is 14.8. The molecule has 1 rings (SSSR count). The van der Waals surface area contributed by atoms with Crippen molar-refractivity contribution in [2.45, 2.75) is 19.8 Å². The largest absolute Gasteiger partial charge is 0.392 e. The lowest BCUT2D eigenvalue weighted by molar-refractivity contribution is -0.139. The summed E-state index contributed by atoms with van der Waals surface area (Å²) in [7, 11) is 0. The Kier molecular flexibility index (Phi) is 5.49. The number of carbonyl (C=O) groups excluding carboxylic acids is 2. The molecule has 102 valence electrons. The quantitative estimate of drug-likeness (QED) is 0.466. The fourth-order valence-electron chi connectivity index (χ4n) is 1.66. The molecule has 0 bridgehead atoms. The first-order valence-electron chi connectivity index (χ1n) is 5.85. The Hall–Kier alpha value is -1.21. The summed E-state index contributed by atoms with van der Waals surface area (Å²) in [5.74, 6) is -1.36. The van der Waals surface area contributed by atoms with Crippen LogP contribution in [0.25, 0.3) is 0 Å². The normalized spacial score (nSPS) is 17.8. The zero-order valence-electron chi connectivity index (χ0n) is 10.5. The van der Waals surface area contributed by atoms with E-state index < -0.39 is 11.8 Å². The topological polar surface area (TPSA) is 93.5 Å². The van der Waals surface area contributed by atoms with E-state index in [0.717, 1.165) is 12.8 Å². The second-order valence-electron chi connectivity index (χ2n) is 4.75. The molecule has 0 aromatic rings. The summed E-state index contributed by atoms with van der Waals surface area (Å²) in [6, 6.07) is 0. The number of carbonyl (C=O) groups is 2. The molecular weight excluding hydrogens is 254 g/mol. The molecule has 1 fully saturated rings. The van der Waals surface area contributed by atoms with E-state index in [1.165, 1.54) is 0 Å². The Balaban J connectivity index is 2.31. The van der Waals surface area contributed by atoms with E-state index in [-0.39, 0.29) is 16.9 Å². The molecule has 1 saturated heterocycles. The maximum atomic E-state index is 11.5. The van der Waals surface area contributed by atoms with Gasteiger partial charge in [0.25, 0.3) is 0 Å². The van der Waals surface area contributed by atoms with Crippen LogP contribution in [0, 0.1) is 5.41 Å². The Bertz CT molecular complexity index is 340. The second-order valence-corrected chi connectivity index (χ2v) is 5.28. The highest BCUT2D eigenvalue weighted by atomic mass is 32.1. The fourth-order valence-corrected chi connectivity index (χ4v) is 1.73. The number of nitrogens with one attached hydrogen (secondary N) is 2. The molecule has 0 aliphatic carbocycles. The number of ether oxygens (including phenoxy) is 1. The predicted molar refractivity (Wildman–Crippen MR) is 71.0 cm³/mol. The average Bonchev–Trinajstić information content (AvgIpc) is 2.34. The molecule has 0 spiro atoms. The van der Waals surface area contributed by atoms with Crippen LogP contribution in [-0.4, -0.2) is 43.1 Å². The van der Waals surface area contributed by atoms with E-state index in [0.29, 0.717) is 19.8 Å². The van der Waals surface area contributed by atoms with Crippen molar-refractivity contribution in [2.24, 2.45) is 11.1 Å². The maximum Gasteiger partial charge on any atom is 0.309 e. The minimum Gasteiger partial charge on any atom is -0.392 e. The lowest BCUT2D eigenvalue weighted by Gasteiger charge is -2.33. The van der Waals surface area contributed by atoms with Crippen LogP contribution < -0.4 is 16.4 Å². The first-order valence-corrected chi connectivity index (χ1v) is 6.26. The molecule has 0 atom stereocenters. The van der Waals surface area contributed by atoms with Crippen LogP contribution in [0.4, 0.5) is 0 Å². The average molecular weight is 273 g/mol. The van der Waals surface area contributed by atoms with Gasteiger partial charge in [-0.1, -0.05) is 19.1 Å². The van der Waals surface area contributed by atoms with Crippen LogP contribution in [-0.2, 0) is 14.3 Å². The summed E-state index contributed by atoms with van der Waals surface area (Å²) in [5.41, 5.74) is 5.22. The molecule has 0 aromatic carbocycles. The molecule has 1 heterocycles. The monoisotopic (exact) mass is 273 g/mol. The van der Waals surface area contributed by atoms with Crippen molar-refractivity contribution in [3.8, 4) is 0 Å². The van der Waals surface area contributed by atoms with Crippen LogP contribution in [0.15, 0.2) is 0 Å². The SMILES string of the molecule is CC1(CNC(=O)C(=O)NCC(N)=S)CCOCC1. The van der Waals surface area contributed by atoms with Crippen LogP contribution >= 0.6 is 12.2 Å². The smallest absolute Gasteiger partial charge is 0.309 e. The number of nitrogens with two attached hydrogens (primary N) is 1. The van der Waals surface area contributed by atoms with E-state index >= 15 is 0 Å². The van der Waals surface area contributed by atoms with E-state index in [4.69, 9.17) is 10.5 Å².